The van der Waals surface area contributed by atoms with Gasteiger partial charge in [-0.3, -0.25) is 9.78 Å². The summed E-state index contributed by atoms with van der Waals surface area (Å²) in [5.41, 5.74) is 0.773. The number of nitrogens with one attached hydrogen (secondary N) is 2. The van der Waals surface area contributed by atoms with Gasteiger partial charge in [0.2, 0.25) is 0 Å². The minimum Gasteiger partial charge on any atom is -0.362 e. The number of carbonyl (C=O) groups is 1. The molecule has 1 atom stereocenters. The van der Waals surface area contributed by atoms with Crippen molar-refractivity contribution in [2.24, 2.45) is 0 Å². The molecule has 0 saturated carbocycles. The number of hydrogen-bond donors (Lipinski definition) is 2. The molecule has 24 heavy (non-hydrogen) atoms. The minimum atomic E-state index is -0.0415. The van der Waals surface area contributed by atoms with E-state index in [1.807, 2.05) is 13.8 Å². The van der Waals surface area contributed by atoms with E-state index >= 15 is 0 Å². The molecule has 0 spiro atoms. The van der Waals surface area contributed by atoms with E-state index in [1.54, 1.807) is 18.6 Å². The zero-order valence-electron chi connectivity index (χ0n) is 14.0. The molecular formula is C16H22N6OS. The first-order valence-electron chi connectivity index (χ1n) is 8.20. The smallest absolute Gasteiger partial charge is 0.263 e. The van der Waals surface area contributed by atoms with Crippen LogP contribution < -0.4 is 15.5 Å². The summed E-state index contributed by atoms with van der Waals surface area (Å²) in [6.45, 7) is 6.37. The molecule has 1 aliphatic rings. The van der Waals surface area contributed by atoms with E-state index in [9.17, 15) is 4.79 Å². The summed E-state index contributed by atoms with van der Waals surface area (Å²) in [6.07, 6.45) is 7.12. The Kier molecular flexibility index (Phi) is 5.24. The molecule has 1 aliphatic heterocycles. The van der Waals surface area contributed by atoms with Gasteiger partial charge in [0.1, 0.15) is 10.7 Å². The number of piperidine rings is 1. The van der Waals surface area contributed by atoms with Gasteiger partial charge in [-0.25, -0.2) is 9.97 Å². The number of carbonyl (C=O) groups excluding carboxylic acids is 1. The highest BCUT2D eigenvalue weighted by Gasteiger charge is 2.24. The number of nitrogens with zero attached hydrogens (tertiary/aromatic N) is 4. The summed E-state index contributed by atoms with van der Waals surface area (Å²) in [5.74, 6) is 0.819. The normalized spacial score (nSPS) is 17.6. The van der Waals surface area contributed by atoms with E-state index in [2.05, 4.69) is 30.5 Å². The Morgan fingerprint density at radius 2 is 2.33 bits per heavy atom. The molecule has 1 fully saturated rings. The number of anilines is 2. The van der Waals surface area contributed by atoms with Gasteiger partial charge < -0.3 is 15.5 Å². The van der Waals surface area contributed by atoms with Crippen molar-refractivity contribution in [2.45, 2.75) is 32.7 Å². The Bertz CT molecular complexity index is 689. The Hall–Kier alpha value is -2.22. The molecule has 2 aromatic rings. The first-order chi connectivity index (χ1) is 11.7. The molecule has 3 heterocycles. The fourth-order valence-corrected chi connectivity index (χ4v) is 3.78. The SMILES string of the molecule is CCNc1nc(C)c(C(=O)N[C@H]2CCCN(c3cnccn3)C2)s1. The van der Waals surface area contributed by atoms with Crippen molar-refractivity contribution in [1.82, 2.24) is 20.3 Å². The zero-order chi connectivity index (χ0) is 16.9. The maximum absolute atomic E-state index is 12.6. The summed E-state index contributed by atoms with van der Waals surface area (Å²) >= 11 is 1.41. The number of amides is 1. The molecule has 0 aliphatic carbocycles. The van der Waals surface area contributed by atoms with Gasteiger partial charge in [0.25, 0.3) is 5.91 Å². The summed E-state index contributed by atoms with van der Waals surface area (Å²) in [7, 11) is 0. The minimum absolute atomic E-state index is 0.0415. The van der Waals surface area contributed by atoms with Crippen LogP contribution in [0.1, 0.15) is 35.1 Å². The van der Waals surface area contributed by atoms with Gasteiger partial charge >= 0.3 is 0 Å². The fraction of sp³-hybridized carbons (Fsp3) is 0.500. The van der Waals surface area contributed by atoms with Gasteiger partial charge in [-0.2, -0.15) is 0 Å². The average molecular weight is 346 g/mol. The molecule has 1 saturated heterocycles. The van der Waals surface area contributed by atoms with Crippen LogP contribution in [-0.4, -0.2) is 46.5 Å². The van der Waals surface area contributed by atoms with E-state index in [0.29, 0.717) is 4.88 Å². The van der Waals surface area contributed by atoms with E-state index in [-0.39, 0.29) is 11.9 Å². The summed E-state index contributed by atoms with van der Waals surface area (Å²) in [4.78, 5) is 28.3. The molecule has 0 unspecified atom stereocenters. The van der Waals surface area contributed by atoms with Gasteiger partial charge in [-0.05, 0) is 26.7 Å². The molecular weight excluding hydrogens is 324 g/mol. The molecule has 3 rings (SSSR count). The molecule has 0 bridgehead atoms. The lowest BCUT2D eigenvalue weighted by atomic mass is 10.1. The largest absolute Gasteiger partial charge is 0.362 e. The van der Waals surface area contributed by atoms with E-state index in [0.717, 1.165) is 49.1 Å². The quantitative estimate of drug-likeness (QED) is 0.862. The van der Waals surface area contributed by atoms with Crippen LogP contribution in [0.25, 0.3) is 0 Å². The molecule has 0 aromatic carbocycles. The van der Waals surface area contributed by atoms with Crippen molar-refractivity contribution in [3.63, 3.8) is 0 Å². The number of aromatic nitrogens is 3. The Morgan fingerprint density at radius 1 is 1.46 bits per heavy atom. The van der Waals surface area contributed by atoms with Crippen molar-refractivity contribution in [2.75, 3.05) is 29.9 Å². The summed E-state index contributed by atoms with van der Waals surface area (Å²) in [5, 5.41) is 7.10. The predicted octanol–water partition coefficient (Wildman–Crippen LogP) is 2.07. The monoisotopic (exact) mass is 346 g/mol. The molecule has 128 valence electrons. The zero-order valence-corrected chi connectivity index (χ0v) is 14.8. The van der Waals surface area contributed by atoms with Crippen LogP contribution in [0.15, 0.2) is 18.6 Å². The lowest BCUT2D eigenvalue weighted by molar-refractivity contribution is 0.0936. The number of thiazole rings is 1. The third kappa shape index (κ3) is 3.81. The Balaban J connectivity index is 1.64. The van der Waals surface area contributed by atoms with Crippen LogP contribution in [0, 0.1) is 6.92 Å². The molecule has 2 N–H and O–H groups in total. The van der Waals surface area contributed by atoms with Gasteiger partial charge in [0.15, 0.2) is 5.13 Å². The highest BCUT2D eigenvalue weighted by atomic mass is 32.1. The fourth-order valence-electron chi connectivity index (χ4n) is 2.84. The van der Waals surface area contributed by atoms with Gasteiger partial charge in [0, 0.05) is 38.1 Å². The highest BCUT2D eigenvalue weighted by Crippen LogP contribution is 2.23. The van der Waals surface area contributed by atoms with Crippen LogP contribution >= 0.6 is 11.3 Å². The second-order valence-electron chi connectivity index (χ2n) is 5.79. The van der Waals surface area contributed by atoms with Gasteiger partial charge in [-0.1, -0.05) is 11.3 Å². The lowest BCUT2D eigenvalue weighted by Gasteiger charge is -2.33. The first-order valence-corrected chi connectivity index (χ1v) is 9.02. The van der Waals surface area contributed by atoms with Crippen molar-refractivity contribution in [3.8, 4) is 0 Å². The third-order valence-corrected chi connectivity index (χ3v) is 5.07. The van der Waals surface area contributed by atoms with Crippen LogP contribution in [0.2, 0.25) is 0 Å². The van der Waals surface area contributed by atoms with Crippen LogP contribution in [0.3, 0.4) is 0 Å². The van der Waals surface area contributed by atoms with Gasteiger partial charge in [0.05, 0.1) is 11.9 Å². The molecule has 8 heteroatoms. The molecule has 1 amide bonds. The van der Waals surface area contributed by atoms with Crippen molar-refractivity contribution in [1.29, 1.82) is 0 Å². The van der Waals surface area contributed by atoms with Crippen LogP contribution in [-0.2, 0) is 0 Å². The molecule has 0 radical (unpaired) electrons. The predicted molar refractivity (Wildman–Crippen MR) is 95.7 cm³/mol. The molecule has 2 aromatic heterocycles. The number of aryl methyl sites for hydroxylation is 1. The standard InChI is InChI=1S/C16H22N6OS/c1-3-18-16-20-11(2)14(24-16)15(23)21-12-5-4-8-22(10-12)13-9-17-6-7-19-13/h6-7,9,12H,3-5,8,10H2,1-2H3,(H,18,20)(H,21,23)/t12-/m0/s1. The number of hydrogen-bond acceptors (Lipinski definition) is 7. The topological polar surface area (TPSA) is 83.0 Å². The summed E-state index contributed by atoms with van der Waals surface area (Å²) < 4.78 is 0. The van der Waals surface area contributed by atoms with Gasteiger partial charge in [-0.15, -0.1) is 0 Å². The second-order valence-corrected chi connectivity index (χ2v) is 6.79. The third-order valence-electron chi connectivity index (χ3n) is 3.96. The Morgan fingerprint density at radius 3 is 3.08 bits per heavy atom. The molecule has 7 nitrogen and oxygen atoms in total. The number of rotatable bonds is 5. The van der Waals surface area contributed by atoms with Crippen molar-refractivity contribution < 1.29 is 4.79 Å². The van der Waals surface area contributed by atoms with Crippen LogP contribution in [0.5, 0.6) is 0 Å². The summed E-state index contributed by atoms with van der Waals surface area (Å²) in [6, 6.07) is 0.109. The van der Waals surface area contributed by atoms with E-state index < -0.39 is 0 Å². The van der Waals surface area contributed by atoms with Crippen molar-refractivity contribution in [3.05, 3.63) is 29.2 Å². The van der Waals surface area contributed by atoms with Crippen LogP contribution in [0.4, 0.5) is 10.9 Å². The second kappa shape index (κ2) is 7.57. The average Bonchev–Trinajstić information content (AvgIpc) is 2.97. The van der Waals surface area contributed by atoms with E-state index in [4.69, 9.17) is 0 Å². The van der Waals surface area contributed by atoms with E-state index in [1.165, 1.54) is 11.3 Å². The maximum Gasteiger partial charge on any atom is 0.263 e. The highest BCUT2D eigenvalue weighted by molar-refractivity contribution is 7.17. The first kappa shape index (κ1) is 16.6. The maximum atomic E-state index is 12.6. The van der Waals surface area contributed by atoms with Crippen molar-refractivity contribution >= 4 is 28.2 Å². The lowest BCUT2D eigenvalue weighted by Crippen LogP contribution is -2.48. The Labute approximate surface area is 145 Å².